The maximum Gasteiger partial charge on any atom is 0.410 e. The third kappa shape index (κ3) is 4.09. The molecule has 0 atom stereocenters. The van der Waals surface area contributed by atoms with Crippen LogP contribution in [0.4, 0.5) is 9.59 Å². The quantitative estimate of drug-likeness (QED) is 0.454. The number of halogens is 1. The third-order valence-electron chi connectivity index (χ3n) is 2.99. The molecule has 0 bridgehead atoms. The maximum atomic E-state index is 11.8. The van der Waals surface area contributed by atoms with Crippen LogP contribution in [0.15, 0.2) is 30.3 Å². The molecule has 1 fully saturated rings. The SMILES string of the molecule is O=C(I)N1CCN(C(=O)OCc2ccccc2)CC1. The zero-order chi connectivity index (χ0) is 13.7. The Hall–Kier alpha value is -1.31. The van der Waals surface area contributed by atoms with E-state index in [1.165, 1.54) is 0 Å². The summed E-state index contributed by atoms with van der Waals surface area (Å²) in [4.78, 5) is 26.4. The van der Waals surface area contributed by atoms with Gasteiger partial charge in [-0.3, -0.25) is 4.79 Å². The summed E-state index contributed by atoms with van der Waals surface area (Å²) in [6, 6.07) is 9.58. The number of nitrogens with zero attached hydrogens (tertiary/aromatic N) is 2. The zero-order valence-electron chi connectivity index (χ0n) is 10.4. The molecule has 1 saturated heterocycles. The Morgan fingerprint density at radius 1 is 1.05 bits per heavy atom. The lowest BCUT2D eigenvalue weighted by Gasteiger charge is -2.32. The molecule has 0 N–H and O–H groups in total. The van der Waals surface area contributed by atoms with Crippen LogP contribution in [0.3, 0.4) is 0 Å². The van der Waals surface area contributed by atoms with Crippen molar-refractivity contribution in [2.75, 3.05) is 26.2 Å². The van der Waals surface area contributed by atoms with Gasteiger partial charge in [-0.25, -0.2) is 4.79 Å². The minimum absolute atomic E-state index is 0.0231. The van der Waals surface area contributed by atoms with Gasteiger partial charge in [-0.15, -0.1) is 0 Å². The van der Waals surface area contributed by atoms with Gasteiger partial charge >= 0.3 is 6.09 Å². The molecule has 2 rings (SSSR count). The summed E-state index contributed by atoms with van der Waals surface area (Å²) in [5, 5.41) is 0. The fourth-order valence-corrected chi connectivity index (χ4v) is 2.36. The van der Waals surface area contributed by atoms with Crippen LogP contribution in [0, 0.1) is 0 Å². The highest BCUT2D eigenvalue weighted by Gasteiger charge is 2.23. The minimum atomic E-state index is -0.315. The van der Waals surface area contributed by atoms with Gasteiger partial charge in [0, 0.05) is 48.8 Å². The Labute approximate surface area is 125 Å². The molecular formula is C13H15IN2O3. The van der Waals surface area contributed by atoms with Gasteiger partial charge in [0.15, 0.2) is 0 Å². The molecule has 19 heavy (non-hydrogen) atoms. The monoisotopic (exact) mass is 374 g/mol. The molecule has 1 aliphatic heterocycles. The Morgan fingerprint density at radius 3 is 2.21 bits per heavy atom. The summed E-state index contributed by atoms with van der Waals surface area (Å²) >= 11 is 1.76. The van der Waals surface area contributed by atoms with E-state index in [4.69, 9.17) is 4.74 Å². The lowest BCUT2D eigenvalue weighted by Crippen LogP contribution is -2.49. The molecule has 0 saturated carbocycles. The molecule has 6 heteroatoms. The maximum absolute atomic E-state index is 11.8. The van der Waals surface area contributed by atoms with E-state index < -0.39 is 0 Å². The highest BCUT2D eigenvalue weighted by molar-refractivity contribution is 14.1. The van der Waals surface area contributed by atoms with E-state index in [1.807, 2.05) is 30.3 Å². The van der Waals surface area contributed by atoms with E-state index >= 15 is 0 Å². The van der Waals surface area contributed by atoms with Gasteiger partial charge in [-0.05, 0) is 5.56 Å². The molecule has 2 amide bonds. The average Bonchev–Trinajstić information content (AvgIpc) is 2.46. The van der Waals surface area contributed by atoms with Crippen LogP contribution in [0.25, 0.3) is 0 Å². The molecule has 0 spiro atoms. The van der Waals surface area contributed by atoms with Crippen molar-refractivity contribution in [2.24, 2.45) is 0 Å². The van der Waals surface area contributed by atoms with Crippen molar-refractivity contribution in [3.05, 3.63) is 35.9 Å². The third-order valence-corrected chi connectivity index (χ3v) is 3.67. The summed E-state index contributed by atoms with van der Waals surface area (Å²) in [5.41, 5.74) is 0.969. The smallest absolute Gasteiger partial charge is 0.410 e. The average molecular weight is 374 g/mol. The second-order valence-corrected chi connectivity index (χ2v) is 5.19. The predicted octanol–water partition coefficient (Wildman–Crippen LogP) is 2.50. The molecule has 102 valence electrons. The molecule has 0 unspecified atom stereocenters. The summed E-state index contributed by atoms with van der Waals surface area (Å²) in [5.74, 6) is 0. The van der Waals surface area contributed by atoms with Crippen molar-refractivity contribution in [3.8, 4) is 0 Å². The van der Waals surface area contributed by atoms with Crippen LogP contribution in [0.1, 0.15) is 5.56 Å². The molecule has 1 aromatic rings. The lowest BCUT2D eigenvalue weighted by molar-refractivity contribution is 0.0796. The Bertz CT molecular complexity index is 444. The van der Waals surface area contributed by atoms with Gasteiger partial charge in [-0.2, -0.15) is 0 Å². The van der Waals surface area contributed by atoms with Crippen molar-refractivity contribution in [1.29, 1.82) is 0 Å². The number of hydrogen-bond donors (Lipinski definition) is 0. The van der Waals surface area contributed by atoms with E-state index in [9.17, 15) is 9.59 Å². The van der Waals surface area contributed by atoms with Gasteiger partial charge in [-0.1, -0.05) is 30.3 Å². The zero-order valence-corrected chi connectivity index (χ0v) is 12.6. The van der Waals surface area contributed by atoms with Crippen LogP contribution < -0.4 is 0 Å². The number of amides is 2. The van der Waals surface area contributed by atoms with Crippen LogP contribution in [-0.4, -0.2) is 46.0 Å². The Morgan fingerprint density at radius 2 is 1.63 bits per heavy atom. The number of rotatable bonds is 2. The fourth-order valence-electron chi connectivity index (χ4n) is 1.88. The Kier molecular flexibility index (Phi) is 5.00. The number of ether oxygens (including phenoxy) is 1. The summed E-state index contributed by atoms with van der Waals surface area (Å²) in [6.07, 6.45) is -0.315. The minimum Gasteiger partial charge on any atom is -0.445 e. The molecule has 0 aliphatic carbocycles. The van der Waals surface area contributed by atoms with E-state index in [2.05, 4.69) is 0 Å². The van der Waals surface area contributed by atoms with Gasteiger partial charge in [0.1, 0.15) is 6.61 Å². The molecule has 1 heterocycles. The second kappa shape index (κ2) is 6.74. The van der Waals surface area contributed by atoms with E-state index in [1.54, 1.807) is 32.4 Å². The number of carbonyl (C=O) groups excluding carboxylic acids is 2. The highest BCUT2D eigenvalue weighted by Crippen LogP contribution is 2.09. The summed E-state index contributed by atoms with van der Waals surface area (Å²) < 4.78 is 5.27. The van der Waals surface area contributed by atoms with Gasteiger partial charge in [0.05, 0.1) is 0 Å². The van der Waals surface area contributed by atoms with Crippen LogP contribution in [0.2, 0.25) is 0 Å². The van der Waals surface area contributed by atoms with Crippen LogP contribution in [-0.2, 0) is 11.3 Å². The number of piperazine rings is 1. The van der Waals surface area contributed by atoms with Gasteiger partial charge < -0.3 is 14.5 Å². The first-order valence-electron chi connectivity index (χ1n) is 6.07. The highest BCUT2D eigenvalue weighted by atomic mass is 127. The van der Waals surface area contributed by atoms with Gasteiger partial charge in [0.2, 0.25) is 0 Å². The first kappa shape index (κ1) is 14.1. The summed E-state index contributed by atoms with van der Waals surface area (Å²) in [7, 11) is 0. The molecular weight excluding hydrogens is 359 g/mol. The number of benzene rings is 1. The van der Waals surface area contributed by atoms with Crippen LogP contribution in [0.5, 0.6) is 0 Å². The topological polar surface area (TPSA) is 49.9 Å². The predicted molar refractivity (Wildman–Crippen MR) is 79.2 cm³/mol. The number of hydrogen-bond acceptors (Lipinski definition) is 3. The molecule has 5 nitrogen and oxygen atoms in total. The van der Waals surface area contributed by atoms with Crippen molar-refractivity contribution in [1.82, 2.24) is 9.80 Å². The van der Waals surface area contributed by atoms with E-state index in [-0.39, 0.29) is 16.6 Å². The largest absolute Gasteiger partial charge is 0.445 e. The molecule has 0 radical (unpaired) electrons. The van der Waals surface area contributed by atoms with E-state index in [0.29, 0.717) is 26.2 Å². The van der Waals surface area contributed by atoms with Crippen molar-refractivity contribution in [2.45, 2.75) is 6.61 Å². The van der Waals surface area contributed by atoms with Gasteiger partial charge in [0.25, 0.3) is 3.91 Å². The van der Waals surface area contributed by atoms with Crippen LogP contribution >= 0.6 is 22.6 Å². The summed E-state index contributed by atoms with van der Waals surface area (Å²) in [6.45, 7) is 2.49. The first-order chi connectivity index (χ1) is 9.16. The standard InChI is InChI=1S/C13H15IN2O3/c14-12(17)15-6-8-16(9-7-15)13(18)19-10-11-4-2-1-3-5-11/h1-5H,6-10H2. The first-order valence-corrected chi connectivity index (χ1v) is 7.15. The van der Waals surface area contributed by atoms with E-state index in [0.717, 1.165) is 5.56 Å². The normalized spacial score (nSPS) is 15.2. The fraction of sp³-hybridized carbons (Fsp3) is 0.385. The van der Waals surface area contributed by atoms with Crippen molar-refractivity contribution < 1.29 is 14.3 Å². The molecule has 1 aliphatic rings. The number of carbonyl (C=O) groups is 2. The molecule has 0 aromatic heterocycles. The van der Waals surface area contributed by atoms with Crippen molar-refractivity contribution >= 4 is 32.6 Å². The molecule has 1 aromatic carbocycles. The van der Waals surface area contributed by atoms with Crippen molar-refractivity contribution in [3.63, 3.8) is 0 Å². The second-order valence-electron chi connectivity index (χ2n) is 4.27. The lowest BCUT2D eigenvalue weighted by atomic mass is 10.2. The Balaban J connectivity index is 1.77.